The van der Waals surface area contributed by atoms with Gasteiger partial charge in [-0.25, -0.2) is 9.97 Å². The van der Waals surface area contributed by atoms with Crippen LogP contribution in [-0.4, -0.2) is 76.0 Å². The van der Waals surface area contributed by atoms with Gasteiger partial charge in [-0.2, -0.15) is 0 Å². The maximum absolute atomic E-state index is 5.87. The first-order chi connectivity index (χ1) is 21.8. The molecule has 8 heteroatoms. The van der Waals surface area contributed by atoms with E-state index in [-0.39, 0.29) is 0 Å². The molecule has 8 nitrogen and oxygen atoms in total. The molecule has 3 aromatic carbocycles. The van der Waals surface area contributed by atoms with E-state index >= 15 is 0 Å². The molecule has 0 aliphatic carbocycles. The number of ether oxygens (including phenoxy) is 6. The zero-order chi connectivity index (χ0) is 29.8. The van der Waals surface area contributed by atoms with E-state index in [9.17, 15) is 0 Å². The van der Waals surface area contributed by atoms with Gasteiger partial charge in [0.2, 0.25) is 0 Å². The van der Waals surface area contributed by atoms with Gasteiger partial charge in [-0.15, -0.1) is 0 Å². The van der Waals surface area contributed by atoms with Crippen molar-refractivity contribution < 1.29 is 28.4 Å². The molecule has 0 saturated heterocycles. The van der Waals surface area contributed by atoms with E-state index in [2.05, 4.69) is 24.3 Å². The van der Waals surface area contributed by atoms with Crippen LogP contribution in [0, 0.1) is 0 Å². The lowest BCUT2D eigenvalue weighted by Gasteiger charge is -2.11. The lowest BCUT2D eigenvalue weighted by Crippen LogP contribution is -2.12. The van der Waals surface area contributed by atoms with Crippen LogP contribution in [0.15, 0.2) is 84.9 Å². The van der Waals surface area contributed by atoms with Gasteiger partial charge >= 0.3 is 0 Å². The Kier molecular flexibility index (Phi) is 10.6. The number of fused-ring (bicyclic) bond motifs is 2. The van der Waals surface area contributed by atoms with Gasteiger partial charge in [0.25, 0.3) is 0 Å². The van der Waals surface area contributed by atoms with E-state index < -0.39 is 0 Å². The molecule has 8 bridgehead atoms. The fourth-order valence-corrected chi connectivity index (χ4v) is 5.02. The Labute approximate surface area is 257 Å². The molecule has 44 heavy (non-hydrogen) atoms. The summed E-state index contributed by atoms with van der Waals surface area (Å²) in [5.41, 5.74) is 5.55. The molecule has 3 aliphatic rings. The molecule has 8 rings (SSSR count). The highest BCUT2D eigenvalue weighted by Crippen LogP contribution is 2.30. The largest absolute Gasteiger partial charge is 0.491 e. The van der Waals surface area contributed by atoms with Gasteiger partial charge in [-0.3, -0.25) is 0 Å². The average Bonchev–Trinajstić information content (AvgIpc) is 3.07. The van der Waals surface area contributed by atoms with Crippen LogP contribution >= 0.6 is 0 Å². The summed E-state index contributed by atoms with van der Waals surface area (Å²) in [4.78, 5) is 10.1. The van der Waals surface area contributed by atoms with Crippen LogP contribution in [0.4, 0.5) is 0 Å². The van der Waals surface area contributed by atoms with Crippen LogP contribution in [0.2, 0.25) is 0 Å². The SMILES string of the molecule is c1cc2ccc1OCCOCCOCCCCOCCOCCOc1ccc(cc1)-c1ccc3ccc4ccc-2nc4c3n1. The molecule has 5 heterocycles. The standard InChI is InChI=1S/C36H38N2O6/c1-2-18-40-20-22-42-24-26-44-32-13-7-28(8-14-32)34-16-10-30-4-3-29-9-15-33(37-35(29)36(30)38-34)27-5-11-31(12-6-27)43-25-23-41-21-19-39-17-1/h3-16H,1-2,17-26H2. The Morgan fingerprint density at radius 3 is 1.16 bits per heavy atom. The summed E-state index contributed by atoms with van der Waals surface area (Å²) in [5, 5.41) is 2.09. The van der Waals surface area contributed by atoms with Crippen LogP contribution in [0.3, 0.4) is 0 Å². The Morgan fingerprint density at radius 1 is 0.364 bits per heavy atom. The van der Waals surface area contributed by atoms with Crippen molar-refractivity contribution in [3.63, 3.8) is 0 Å². The van der Waals surface area contributed by atoms with Gasteiger partial charge in [0.15, 0.2) is 0 Å². The van der Waals surface area contributed by atoms with Crippen molar-refractivity contribution in [2.75, 3.05) is 66.1 Å². The summed E-state index contributed by atoms with van der Waals surface area (Å²) in [5.74, 6) is 1.59. The zero-order valence-electron chi connectivity index (χ0n) is 24.9. The van der Waals surface area contributed by atoms with Crippen molar-refractivity contribution >= 4 is 21.8 Å². The second-order valence-corrected chi connectivity index (χ2v) is 10.5. The zero-order valence-corrected chi connectivity index (χ0v) is 24.9. The maximum Gasteiger partial charge on any atom is 0.119 e. The fraction of sp³-hybridized carbons (Fsp3) is 0.333. The molecule has 0 N–H and O–H groups in total. The van der Waals surface area contributed by atoms with E-state index in [1.54, 1.807) is 0 Å². The van der Waals surface area contributed by atoms with Crippen molar-refractivity contribution in [3.05, 3.63) is 84.9 Å². The van der Waals surface area contributed by atoms with Gasteiger partial charge in [-0.1, -0.05) is 24.3 Å². The third kappa shape index (κ3) is 8.09. The van der Waals surface area contributed by atoms with E-state index in [1.807, 2.05) is 60.7 Å². The van der Waals surface area contributed by atoms with Crippen molar-refractivity contribution in [1.29, 1.82) is 0 Å². The van der Waals surface area contributed by atoms with Crippen molar-refractivity contribution in [3.8, 4) is 34.0 Å². The molecule has 228 valence electrons. The first kappa shape index (κ1) is 30.0. The number of benzene rings is 3. The molecular weight excluding hydrogens is 556 g/mol. The summed E-state index contributed by atoms with van der Waals surface area (Å²) < 4.78 is 34.3. The monoisotopic (exact) mass is 594 g/mol. The molecular formula is C36H38N2O6. The molecule has 0 unspecified atom stereocenters. The number of nitrogens with zero attached hydrogens (tertiary/aromatic N) is 2. The predicted molar refractivity (Wildman–Crippen MR) is 171 cm³/mol. The Balaban J connectivity index is 1.19. The summed E-state index contributed by atoms with van der Waals surface area (Å²) in [7, 11) is 0. The van der Waals surface area contributed by atoms with E-state index in [0.717, 1.165) is 68.7 Å². The molecule has 0 spiro atoms. The number of hydrogen-bond acceptors (Lipinski definition) is 8. The van der Waals surface area contributed by atoms with Gasteiger partial charge in [0, 0.05) is 35.1 Å². The molecule has 0 radical (unpaired) electrons. The molecule has 3 aliphatic heterocycles. The highest BCUT2D eigenvalue weighted by molar-refractivity contribution is 6.04. The summed E-state index contributed by atoms with van der Waals surface area (Å²) in [6, 6.07) is 28.5. The summed E-state index contributed by atoms with van der Waals surface area (Å²) in [6.07, 6.45) is 1.90. The quantitative estimate of drug-likeness (QED) is 0.183. The highest BCUT2D eigenvalue weighted by atomic mass is 16.5. The number of rotatable bonds is 0. The number of hydrogen-bond donors (Lipinski definition) is 0. The van der Waals surface area contributed by atoms with Crippen LogP contribution < -0.4 is 9.47 Å². The third-order valence-electron chi connectivity index (χ3n) is 7.38. The second-order valence-electron chi connectivity index (χ2n) is 10.5. The normalized spacial score (nSPS) is 16.5. The predicted octanol–water partition coefficient (Wildman–Crippen LogP) is 6.73. The first-order valence-corrected chi connectivity index (χ1v) is 15.3. The first-order valence-electron chi connectivity index (χ1n) is 15.3. The van der Waals surface area contributed by atoms with Crippen LogP contribution in [0.25, 0.3) is 44.3 Å². The van der Waals surface area contributed by atoms with Crippen LogP contribution in [-0.2, 0) is 18.9 Å². The Bertz CT molecular complexity index is 1500. The highest BCUT2D eigenvalue weighted by Gasteiger charge is 2.10. The van der Waals surface area contributed by atoms with E-state index in [4.69, 9.17) is 38.4 Å². The second kappa shape index (κ2) is 15.6. The van der Waals surface area contributed by atoms with Gasteiger partial charge in [0.1, 0.15) is 24.7 Å². The fourth-order valence-electron chi connectivity index (χ4n) is 5.02. The van der Waals surface area contributed by atoms with Gasteiger partial charge < -0.3 is 28.4 Å². The van der Waals surface area contributed by atoms with Crippen molar-refractivity contribution in [1.82, 2.24) is 9.97 Å². The number of aromatic nitrogens is 2. The average molecular weight is 595 g/mol. The third-order valence-corrected chi connectivity index (χ3v) is 7.38. The van der Waals surface area contributed by atoms with E-state index in [1.165, 1.54) is 0 Å². The van der Waals surface area contributed by atoms with E-state index in [0.29, 0.717) is 66.1 Å². The molecule has 0 fully saturated rings. The molecule has 5 aromatic rings. The summed E-state index contributed by atoms with van der Waals surface area (Å²) >= 11 is 0. The molecule has 0 saturated carbocycles. The van der Waals surface area contributed by atoms with Crippen LogP contribution in [0.1, 0.15) is 12.8 Å². The minimum absolute atomic E-state index is 0.477. The maximum atomic E-state index is 5.87. The minimum Gasteiger partial charge on any atom is -0.491 e. The molecule has 0 atom stereocenters. The van der Waals surface area contributed by atoms with Crippen LogP contribution in [0.5, 0.6) is 11.5 Å². The molecule has 0 amide bonds. The topological polar surface area (TPSA) is 81.2 Å². The Morgan fingerprint density at radius 2 is 0.727 bits per heavy atom. The lowest BCUT2D eigenvalue weighted by atomic mass is 10.1. The smallest absolute Gasteiger partial charge is 0.119 e. The van der Waals surface area contributed by atoms with Crippen molar-refractivity contribution in [2.45, 2.75) is 12.8 Å². The number of pyridine rings is 2. The molecule has 2 aromatic heterocycles. The Hall–Kier alpha value is -4.08. The minimum atomic E-state index is 0.477. The lowest BCUT2D eigenvalue weighted by molar-refractivity contribution is 0.0247. The van der Waals surface area contributed by atoms with Crippen molar-refractivity contribution in [2.24, 2.45) is 0 Å². The van der Waals surface area contributed by atoms with Gasteiger partial charge in [-0.05, 0) is 73.5 Å². The van der Waals surface area contributed by atoms with Gasteiger partial charge in [0.05, 0.1) is 62.1 Å². The summed E-state index contributed by atoms with van der Waals surface area (Å²) in [6.45, 7) is 5.59.